The molecule has 0 bridgehead atoms. The molecule has 0 unspecified atom stereocenters. The van der Waals surface area contributed by atoms with Crippen LogP contribution < -0.4 is 15.8 Å². The molecule has 0 saturated carbocycles. The Kier molecular flexibility index (Phi) is 7.26. The molecule has 1 amide bonds. The molecule has 1 aromatic heterocycles. The van der Waals surface area contributed by atoms with Crippen molar-refractivity contribution in [3.8, 4) is 17.0 Å². The van der Waals surface area contributed by atoms with Crippen LogP contribution in [0.3, 0.4) is 0 Å². The molecular formula is C25H31N5O3. The van der Waals surface area contributed by atoms with Crippen LogP contribution in [0.15, 0.2) is 65.8 Å². The first-order valence-electron chi connectivity index (χ1n) is 11.0. The Morgan fingerprint density at radius 2 is 1.97 bits per heavy atom. The number of nitrogens with two attached hydrogens (primary N) is 1. The van der Waals surface area contributed by atoms with Crippen molar-refractivity contribution in [1.82, 2.24) is 4.98 Å². The van der Waals surface area contributed by atoms with E-state index >= 15 is 0 Å². The molecule has 3 aromatic rings. The fraction of sp³-hybridized carbons (Fsp3) is 0.280. The average molecular weight is 450 g/mol. The minimum Gasteiger partial charge on any atom is -0.494 e. The summed E-state index contributed by atoms with van der Waals surface area (Å²) in [5.74, 6) is 1.37. The minimum atomic E-state index is -0.231. The zero-order valence-electron chi connectivity index (χ0n) is 18.3. The summed E-state index contributed by atoms with van der Waals surface area (Å²) in [6.07, 6.45) is 3.23. The molecule has 2 aromatic carbocycles. The maximum atomic E-state index is 12.8. The van der Waals surface area contributed by atoms with E-state index in [4.69, 9.17) is 20.7 Å². The summed E-state index contributed by atoms with van der Waals surface area (Å²) in [7, 11) is 0. The predicted molar refractivity (Wildman–Crippen MR) is 131 cm³/mol. The lowest BCUT2D eigenvalue weighted by molar-refractivity contribution is 0.0593. The first kappa shape index (κ1) is 22.4. The highest BCUT2D eigenvalue weighted by Gasteiger charge is 2.14. The summed E-state index contributed by atoms with van der Waals surface area (Å²) in [5.41, 5.74) is 15.8. The van der Waals surface area contributed by atoms with Gasteiger partial charge < -0.3 is 20.5 Å². The van der Waals surface area contributed by atoms with Crippen molar-refractivity contribution in [3.63, 3.8) is 0 Å². The van der Waals surface area contributed by atoms with Crippen LogP contribution in [0, 0.1) is 11.4 Å². The second-order valence-corrected chi connectivity index (χ2v) is 7.97. The van der Waals surface area contributed by atoms with Gasteiger partial charge in [-0.2, -0.15) is 0 Å². The molecule has 4 N–H and O–H groups in total. The summed E-state index contributed by atoms with van der Waals surface area (Å²) in [6.45, 7) is 2.37. The maximum Gasteiger partial charge on any atom is 0.255 e. The van der Waals surface area contributed by atoms with Crippen LogP contribution in [0.4, 0.5) is 17.2 Å². The van der Waals surface area contributed by atoms with Crippen LogP contribution in [0.2, 0.25) is 0 Å². The van der Waals surface area contributed by atoms with Gasteiger partial charge in [0.2, 0.25) is 0 Å². The topological polar surface area (TPSA) is 123 Å². The van der Waals surface area contributed by atoms with Gasteiger partial charge >= 0.3 is 0 Å². The van der Waals surface area contributed by atoms with E-state index in [2.05, 4.69) is 15.4 Å². The maximum absolute atomic E-state index is 12.8. The molecule has 174 valence electrons. The molecule has 0 spiro atoms. The van der Waals surface area contributed by atoms with E-state index in [1.807, 2.05) is 30.3 Å². The monoisotopic (exact) mass is 449 g/mol. The molecule has 8 nitrogen and oxygen atoms in total. The van der Waals surface area contributed by atoms with Gasteiger partial charge in [0.05, 0.1) is 18.0 Å². The highest BCUT2D eigenvalue weighted by atomic mass is 16.5. The standard InChI is InChI=1S/C25H27N5O3.2H2/c26-22-8-9-23(29-24(22)30-27)18-2-1-3-19(16-18)25(31)28-20-4-6-21(7-5-20)33-15-12-17-10-13-32-14-11-17;;/h1-9,16-17,27H,10-15,26H2,(H,28,31);2*1H. The van der Waals surface area contributed by atoms with Gasteiger partial charge in [-0.3, -0.25) is 4.79 Å². The summed E-state index contributed by atoms with van der Waals surface area (Å²) in [5, 5.41) is 6.24. The van der Waals surface area contributed by atoms with Gasteiger partial charge in [-0.15, -0.1) is 5.11 Å². The number of amides is 1. The Morgan fingerprint density at radius 3 is 2.73 bits per heavy atom. The number of pyridine rings is 1. The number of carbonyl (C=O) groups is 1. The number of ether oxygens (including phenoxy) is 2. The number of carbonyl (C=O) groups excluding carboxylic acids is 1. The Hall–Kier alpha value is -3.78. The number of rotatable bonds is 8. The van der Waals surface area contributed by atoms with Crippen molar-refractivity contribution >= 4 is 23.1 Å². The van der Waals surface area contributed by atoms with Gasteiger partial charge in [-0.05, 0) is 73.7 Å². The SMILES string of the molecule is N=Nc1nc(-c2cccc(C(=O)Nc3ccc(OCCC4CCOCC4)cc3)c2)ccc1N.[HH].[HH]. The van der Waals surface area contributed by atoms with Crippen molar-refractivity contribution in [3.05, 3.63) is 66.2 Å². The molecule has 1 saturated heterocycles. The highest BCUT2D eigenvalue weighted by Crippen LogP contribution is 2.26. The quantitative estimate of drug-likeness (QED) is 0.368. The lowest BCUT2D eigenvalue weighted by Gasteiger charge is -2.21. The Bertz CT molecular complexity index is 1120. The second kappa shape index (κ2) is 10.7. The first-order valence-corrected chi connectivity index (χ1v) is 11.0. The smallest absolute Gasteiger partial charge is 0.255 e. The van der Waals surface area contributed by atoms with Crippen LogP contribution in [0.5, 0.6) is 5.75 Å². The van der Waals surface area contributed by atoms with Crippen molar-refractivity contribution in [2.75, 3.05) is 30.9 Å². The average Bonchev–Trinajstić information content (AvgIpc) is 2.86. The number of aromatic nitrogens is 1. The number of nitrogen functional groups attached to an aromatic ring is 1. The van der Waals surface area contributed by atoms with Gasteiger partial charge in [-0.1, -0.05) is 12.1 Å². The lowest BCUT2D eigenvalue weighted by Crippen LogP contribution is -2.17. The zero-order chi connectivity index (χ0) is 23.0. The van der Waals surface area contributed by atoms with Crippen LogP contribution in [0.1, 0.15) is 32.5 Å². The van der Waals surface area contributed by atoms with E-state index in [0.717, 1.165) is 43.8 Å². The number of hydrogen-bond donors (Lipinski definition) is 3. The van der Waals surface area contributed by atoms with Gasteiger partial charge in [0.25, 0.3) is 5.91 Å². The van der Waals surface area contributed by atoms with Crippen molar-refractivity contribution in [1.29, 1.82) is 5.53 Å². The van der Waals surface area contributed by atoms with Gasteiger partial charge in [0.1, 0.15) is 5.75 Å². The van der Waals surface area contributed by atoms with E-state index in [0.29, 0.717) is 35.2 Å². The summed E-state index contributed by atoms with van der Waals surface area (Å²) < 4.78 is 11.2. The molecule has 0 atom stereocenters. The van der Waals surface area contributed by atoms with E-state index < -0.39 is 0 Å². The van der Waals surface area contributed by atoms with Crippen molar-refractivity contribution in [2.24, 2.45) is 11.0 Å². The molecule has 0 radical (unpaired) electrons. The number of nitrogens with one attached hydrogen (secondary N) is 2. The number of benzene rings is 2. The molecule has 1 aliphatic rings. The van der Waals surface area contributed by atoms with Crippen LogP contribution in [0.25, 0.3) is 11.3 Å². The normalized spacial score (nSPS) is 13.9. The molecule has 2 heterocycles. The fourth-order valence-corrected chi connectivity index (χ4v) is 3.75. The number of anilines is 2. The third kappa shape index (κ3) is 5.93. The molecule has 0 aliphatic carbocycles. The minimum absolute atomic E-state index is 0. The van der Waals surface area contributed by atoms with E-state index in [9.17, 15) is 4.79 Å². The van der Waals surface area contributed by atoms with Gasteiger partial charge in [-0.25, -0.2) is 10.5 Å². The highest BCUT2D eigenvalue weighted by molar-refractivity contribution is 6.04. The fourth-order valence-electron chi connectivity index (χ4n) is 3.75. The molecule has 33 heavy (non-hydrogen) atoms. The second-order valence-electron chi connectivity index (χ2n) is 7.97. The summed E-state index contributed by atoms with van der Waals surface area (Å²) in [4.78, 5) is 17.0. The van der Waals surface area contributed by atoms with E-state index in [-0.39, 0.29) is 14.6 Å². The molecule has 1 fully saturated rings. The lowest BCUT2D eigenvalue weighted by atomic mass is 9.97. The Balaban J connectivity index is 0.00000216. The van der Waals surface area contributed by atoms with Crippen LogP contribution >= 0.6 is 0 Å². The largest absolute Gasteiger partial charge is 0.494 e. The Labute approximate surface area is 195 Å². The van der Waals surface area contributed by atoms with E-state index in [1.165, 1.54) is 0 Å². The molecule has 1 aliphatic heterocycles. The van der Waals surface area contributed by atoms with Crippen molar-refractivity contribution < 1.29 is 17.1 Å². The number of hydrogen-bond acceptors (Lipinski definition) is 7. The predicted octanol–water partition coefficient (Wildman–Crippen LogP) is 5.93. The van der Waals surface area contributed by atoms with Crippen LogP contribution in [-0.4, -0.2) is 30.7 Å². The first-order chi connectivity index (χ1) is 16.1. The van der Waals surface area contributed by atoms with Crippen molar-refractivity contribution in [2.45, 2.75) is 19.3 Å². The molecule has 8 heteroatoms. The number of nitrogens with zero attached hydrogens (tertiary/aromatic N) is 2. The third-order valence-electron chi connectivity index (χ3n) is 5.68. The zero-order valence-corrected chi connectivity index (χ0v) is 18.3. The van der Waals surface area contributed by atoms with Gasteiger partial charge in [0, 0.05) is 32.9 Å². The summed E-state index contributed by atoms with van der Waals surface area (Å²) >= 11 is 0. The molecular weight excluding hydrogens is 418 g/mol. The Morgan fingerprint density at radius 1 is 1.18 bits per heavy atom. The third-order valence-corrected chi connectivity index (χ3v) is 5.68. The molecule has 4 rings (SSSR count). The van der Waals surface area contributed by atoms with Crippen LogP contribution in [-0.2, 0) is 4.74 Å². The van der Waals surface area contributed by atoms with Gasteiger partial charge in [0.15, 0.2) is 5.82 Å². The summed E-state index contributed by atoms with van der Waals surface area (Å²) in [6, 6.07) is 17.9. The van der Waals surface area contributed by atoms with E-state index in [1.54, 1.807) is 30.3 Å².